The van der Waals surface area contributed by atoms with Crippen molar-refractivity contribution < 1.29 is 14.3 Å². The second-order valence-corrected chi connectivity index (χ2v) is 8.76. The standard InChI is InChI=1S/C26H32N4O3/c1-18(31)28(2)23-7-6-20(25(17-23)33-3)8-12-29-13-10-22(11-14-29)30-15-9-19-4-5-21(26(27)32)16-24(19)30/h4-7,9,15-17,22H,8,10-14H2,1-3H3,(H2,27,32). The number of amides is 2. The molecule has 2 heterocycles. The molecule has 0 atom stereocenters. The van der Waals surface area contributed by atoms with E-state index in [1.165, 1.54) is 0 Å². The minimum atomic E-state index is -0.393. The average Bonchev–Trinajstić information content (AvgIpc) is 3.25. The van der Waals surface area contributed by atoms with Gasteiger partial charge in [-0.25, -0.2) is 0 Å². The molecule has 1 aromatic heterocycles. The summed E-state index contributed by atoms with van der Waals surface area (Å²) in [5.74, 6) is 0.421. The minimum Gasteiger partial charge on any atom is -0.496 e. The van der Waals surface area contributed by atoms with Gasteiger partial charge in [0.05, 0.1) is 7.11 Å². The third kappa shape index (κ3) is 4.88. The van der Waals surface area contributed by atoms with Crippen LogP contribution in [-0.4, -0.2) is 55.1 Å². The molecular formula is C26H32N4O3. The van der Waals surface area contributed by atoms with Crippen LogP contribution in [0, 0.1) is 0 Å². The van der Waals surface area contributed by atoms with Crippen molar-refractivity contribution in [3.63, 3.8) is 0 Å². The molecule has 7 heteroatoms. The van der Waals surface area contributed by atoms with Crippen molar-refractivity contribution in [2.75, 3.05) is 38.7 Å². The van der Waals surface area contributed by atoms with Crippen molar-refractivity contribution in [2.45, 2.75) is 32.2 Å². The zero-order valence-corrected chi connectivity index (χ0v) is 19.6. The third-order valence-corrected chi connectivity index (χ3v) is 6.79. The van der Waals surface area contributed by atoms with Crippen LogP contribution in [0.15, 0.2) is 48.7 Å². The van der Waals surface area contributed by atoms with E-state index in [2.05, 4.69) is 27.8 Å². The summed E-state index contributed by atoms with van der Waals surface area (Å²) < 4.78 is 7.89. The quantitative estimate of drug-likeness (QED) is 0.599. The summed E-state index contributed by atoms with van der Waals surface area (Å²) in [6.45, 7) is 4.56. The summed E-state index contributed by atoms with van der Waals surface area (Å²) in [6.07, 6.45) is 5.14. The molecule has 33 heavy (non-hydrogen) atoms. The highest BCUT2D eigenvalue weighted by Crippen LogP contribution is 2.30. The van der Waals surface area contributed by atoms with Crippen LogP contribution in [0.1, 0.15) is 41.7 Å². The monoisotopic (exact) mass is 448 g/mol. The fraction of sp³-hybridized carbons (Fsp3) is 0.385. The molecule has 7 nitrogen and oxygen atoms in total. The summed E-state index contributed by atoms with van der Waals surface area (Å²) in [5, 5.41) is 1.13. The van der Waals surface area contributed by atoms with Crippen molar-refractivity contribution >= 4 is 28.4 Å². The number of fused-ring (bicyclic) bond motifs is 1. The van der Waals surface area contributed by atoms with Gasteiger partial charge < -0.3 is 24.8 Å². The van der Waals surface area contributed by atoms with Crippen LogP contribution in [0.4, 0.5) is 5.69 Å². The number of primary amides is 1. The van der Waals surface area contributed by atoms with Crippen LogP contribution in [0.3, 0.4) is 0 Å². The minimum absolute atomic E-state index is 0.00556. The van der Waals surface area contributed by atoms with Gasteiger partial charge in [-0.05, 0) is 54.5 Å². The summed E-state index contributed by atoms with van der Waals surface area (Å²) in [5.41, 5.74) is 9.09. The number of ether oxygens (including phenoxy) is 1. The number of piperidine rings is 1. The predicted molar refractivity (Wildman–Crippen MR) is 131 cm³/mol. The summed E-state index contributed by atoms with van der Waals surface area (Å²) in [7, 11) is 3.44. The first-order chi connectivity index (χ1) is 15.9. The highest BCUT2D eigenvalue weighted by Gasteiger charge is 2.22. The third-order valence-electron chi connectivity index (χ3n) is 6.79. The number of nitrogens with two attached hydrogens (primary N) is 1. The summed E-state index contributed by atoms with van der Waals surface area (Å²) in [6, 6.07) is 14.1. The molecule has 0 bridgehead atoms. The number of aromatic nitrogens is 1. The number of likely N-dealkylation sites (tertiary alicyclic amines) is 1. The zero-order valence-electron chi connectivity index (χ0n) is 19.6. The summed E-state index contributed by atoms with van der Waals surface area (Å²) >= 11 is 0. The number of hydrogen-bond acceptors (Lipinski definition) is 4. The molecule has 2 N–H and O–H groups in total. The van der Waals surface area contributed by atoms with Gasteiger partial charge in [0, 0.05) is 68.7 Å². The number of carbonyl (C=O) groups is 2. The first-order valence-electron chi connectivity index (χ1n) is 11.4. The van der Waals surface area contributed by atoms with Crippen molar-refractivity contribution in [1.29, 1.82) is 0 Å². The fourth-order valence-corrected chi connectivity index (χ4v) is 4.65. The van der Waals surface area contributed by atoms with Crippen LogP contribution in [0.25, 0.3) is 10.9 Å². The van der Waals surface area contributed by atoms with E-state index in [1.54, 1.807) is 32.0 Å². The molecule has 1 aliphatic rings. The number of nitrogens with zero attached hydrogens (tertiary/aromatic N) is 3. The second-order valence-electron chi connectivity index (χ2n) is 8.76. The highest BCUT2D eigenvalue weighted by molar-refractivity contribution is 5.97. The van der Waals surface area contributed by atoms with Crippen molar-refractivity contribution in [3.05, 3.63) is 59.8 Å². The van der Waals surface area contributed by atoms with E-state index < -0.39 is 5.91 Å². The Morgan fingerprint density at radius 3 is 2.55 bits per heavy atom. The average molecular weight is 449 g/mol. The van der Waals surface area contributed by atoms with Gasteiger partial charge in [-0.1, -0.05) is 12.1 Å². The molecule has 0 spiro atoms. The normalized spacial score (nSPS) is 15.0. The van der Waals surface area contributed by atoms with Crippen LogP contribution < -0.4 is 15.4 Å². The molecule has 2 amide bonds. The fourth-order valence-electron chi connectivity index (χ4n) is 4.65. The number of hydrogen-bond donors (Lipinski definition) is 1. The van der Waals surface area contributed by atoms with Crippen molar-refractivity contribution in [1.82, 2.24) is 9.47 Å². The first-order valence-corrected chi connectivity index (χ1v) is 11.4. The van der Waals surface area contributed by atoms with Gasteiger partial charge >= 0.3 is 0 Å². The molecule has 4 rings (SSSR count). The lowest BCUT2D eigenvalue weighted by Gasteiger charge is -2.33. The number of anilines is 1. The van der Waals surface area contributed by atoms with Crippen molar-refractivity contribution in [3.8, 4) is 5.75 Å². The molecule has 1 fully saturated rings. The van der Waals surface area contributed by atoms with Gasteiger partial charge in [-0.3, -0.25) is 9.59 Å². The van der Waals surface area contributed by atoms with Crippen LogP contribution in [0.2, 0.25) is 0 Å². The lowest BCUT2D eigenvalue weighted by molar-refractivity contribution is -0.116. The van der Waals surface area contributed by atoms with Crippen LogP contribution in [-0.2, 0) is 11.2 Å². The molecule has 2 aromatic carbocycles. The Balaban J connectivity index is 1.37. The Hall–Kier alpha value is -3.32. The topological polar surface area (TPSA) is 80.8 Å². The second kappa shape index (κ2) is 9.67. The Labute approximate surface area is 194 Å². The molecule has 174 valence electrons. The molecule has 0 saturated carbocycles. The number of methoxy groups -OCH3 is 1. The largest absolute Gasteiger partial charge is 0.496 e. The predicted octanol–water partition coefficient (Wildman–Crippen LogP) is 3.61. The van der Waals surface area contributed by atoms with E-state index in [1.807, 2.05) is 24.3 Å². The molecule has 0 unspecified atom stereocenters. The smallest absolute Gasteiger partial charge is 0.248 e. The van der Waals surface area contributed by atoms with Gasteiger partial charge in [-0.2, -0.15) is 0 Å². The number of carbonyl (C=O) groups excluding carboxylic acids is 2. The number of benzene rings is 2. The molecule has 0 aliphatic carbocycles. The molecule has 1 saturated heterocycles. The van der Waals surface area contributed by atoms with E-state index in [0.29, 0.717) is 11.6 Å². The lowest BCUT2D eigenvalue weighted by Crippen LogP contribution is -2.35. The Morgan fingerprint density at radius 1 is 1.12 bits per heavy atom. The molecule has 0 radical (unpaired) electrons. The van der Waals surface area contributed by atoms with Gasteiger partial charge in [0.2, 0.25) is 11.8 Å². The van der Waals surface area contributed by atoms with Gasteiger partial charge in [0.25, 0.3) is 0 Å². The molecular weight excluding hydrogens is 416 g/mol. The molecule has 3 aromatic rings. The number of rotatable bonds is 7. The van der Waals surface area contributed by atoms with E-state index in [4.69, 9.17) is 10.5 Å². The van der Waals surface area contributed by atoms with Gasteiger partial charge in [-0.15, -0.1) is 0 Å². The van der Waals surface area contributed by atoms with E-state index in [0.717, 1.165) is 66.8 Å². The maximum atomic E-state index is 11.6. The maximum Gasteiger partial charge on any atom is 0.248 e. The Bertz CT molecular complexity index is 1160. The highest BCUT2D eigenvalue weighted by atomic mass is 16.5. The van der Waals surface area contributed by atoms with Crippen molar-refractivity contribution in [2.24, 2.45) is 5.73 Å². The van der Waals surface area contributed by atoms with Gasteiger partial charge in [0.15, 0.2) is 0 Å². The Morgan fingerprint density at radius 2 is 1.88 bits per heavy atom. The van der Waals surface area contributed by atoms with Crippen LogP contribution >= 0.6 is 0 Å². The van der Waals surface area contributed by atoms with Crippen LogP contribution in [0.5, 0.6) is 5.75 Å². The maximum absolute atomic E-state index is 11.6. The van der Waals surface area contributed by atoms with E-state index in [-0.39, 0.29) is 5.91 Å². The SMILES string of the molecule is COc1cc(N(C)C(C)=O)ccc1CCN1CCC(n2ccc3ccc(C(N)=O)cc32)CC1. The van der Waals surface area contributed by atoms with E-state index in [9.17, 15) is 9.59 Å². The van der Waals surface area contributed by atoms with Gasteiger partial charge in [0.1, 0.15) is 5.75 Å². The lowest BCUT2D eigenvalue weighted by atomic mass is 10.0. The zero-order chi connectivity index (χ0) is 23.5. The molecule has 1 aliphatic heterocycles. The summed E-state index contributed by atoms with van der Waals surface area (Å²) in [4.78, 5) is 27.4. The Kier molecular flexibility index (Phi) is 6.70. The first kappa shape index (κ1) is 22.9. The van der Waals surface area contributed by atoms with E-state index >= 15 is 0 Å².